The van der Waals surface area contributed by atoms with Gasteiger partial charge in [-0.2, -0.15) is 0 Å². The minimum atomic E-state index is -0.966. The van der Waals surface area contributed by atoms with Crippen LogP contribution in [-0.2, 0) is 19.3 Å². The average Bonchev–Trinajstić information content (AvgIpc) is 2.86. The first-order chi connectivity index (χ1) is 8.16. The number of pyridine rings is 1. The summed E-state index contributed by atoms with van der Waals surface area (Å²) in [6.45, 7) is 2.17. The van der Waals surface area contributed by atoms with Gasteiger partial charge < -0.3 is 5.11 Å². The van der Waals surface area contributed by atoms with E-state index < -0.39 is 6.09 Å². The van der Waals surface area contributed by atoms with E-state index in [0.717, 1.165) is 60.3 Å². The van der Waals surface area contributed by atoms with Gasteiger partial charge in [-0.15, -0.1) is 0 Å². The first kappa shape index (κ1) is 10.6. The van der Waals surface area contributed by atoms with Crippen molar-refractivity contribution in [1.29, 1.82) is 0 Å². The highest BCUT2D eigenvalue weighted by atomic mass is 16.4. The number of nitrogens with one attached hydrogen (secondary N) is 1. The smallest absolute Gasteiger partial charge is 0.409 e. The van der Waals surface area contributed by atoms with Gasteiger partial charge in [0.25, 0.3) is 0 Å². The maximum atomic E-state index is 10.9. The molecular weight excluding hydrogens is 216 g/mol. The fourth-order valence-corrected chi connectivity index (χ4v) is 3.06. The zero-order valence-corrected chi connectivity index (χ0v) is 9.92. The van der Waals surface area contributed by atoms with Crippen molar-refractivity contribution in [3.8, 4) is 0 Å². The molecule has 2 N–H and O–H groups in total. The molecule has 17 heavy (non-hydrogen) atoms. The fraction of sp³-hybridized carbons (Fsp3) is 0.538. The first-order valence-corrected chi connectivity index (χ1v) is 6.21. The number of carboxylic acid groups (broad SMARTS) is 1. The van der Waals surface area contributed by atoms with Crippen molar-refractivity contribution >= 4 is 11.8 Å². The molecule has 4 nitrogen and oxygen atoms in total. The lowest BCUT2D eigenvalue weighted by atomic mass is 10.0. The van der Waals surface area contributed by atoms with Crippen molar-refractivity contribution in [3.05, 3.63) is 22.5 Å². The van der Waals surface area contributed by atoms with Crippen LogP contribution >= 0.6 is 0 Å². The molecule has 0 fully saturated rings. The molecular formula is C13H16N2O2. The molecule has 1 aromatic rings. The highest BCUT2D eigenvalue weighted by Crippen LogP contribution is 2.40. The maximum absolute atomic E-state index is 10.9. The molecule has 90 valence electrons. The minimum Gasteiger partial charge on any atom is -0.465 e. The average molecular weight is 232 g/mol. The van der Waals surface area contributed by atoms with Crippen LogP contribution in [0.5, 0.6) is 0 Å². The number of hydrogen-bond donors (Lipinski definition) is 2. The van der Waals surface area contributed by atoms with Crippen LogP contribution in [0.4, 0.5) is 10.5 Å². The van der Waals surface area contributed by atoms with Crippen LogP contribution in [0.15, 0.2) is 0 Å². The number of aromatic nitrogens is 1. The Morgan fingerprint density at radius 1 is 1.35 bits per heavy atom. The summed E-state index contributed by atoms with van der Waals surface area (Å²) in [7, 11) is 0. The second kappa shape index (κ2) is 3.72. The van der Waals surface area contributed by atoms with Gasteiger partial charge in [-0.25, -0.2) is 4.79 Å². The van der Waals surface area contributed by atoms with E-state index in [4.69, 9.17) is 10.1 Å². The predicted octanol–water partition coefficient (Wildman–Crippen LogP) is 2.71. The van der Waals surface area contributed by atoms with Crippen LogP contribution in [-0.4, -0.2) is 16.2 Å². The second-order valence-corrected chi connectivity index (χ2v) is 5.00. The van der Waals surface area contributed by atoms with Crippen molar-refractivity contribution in [2.45, 2.75) is 44.9 Å². The molecule has 1 heterocycles. The SMILES string of the molecule is CC1CCc2c1nc1c(c2NC(=O)O)CCC1. The number of fused-ring (bicyclic) bond motifs is 2. The van der Waals surface area contributed by atoms with E-state index in [2.05, 4.69) is 12.2 Å². The molecule has 0 spiro atoms. The highest BCUT2D eigenvalue weighted by molar-refractivity contribution is 5.86. The van der Waals surface area contributed by atoms with Crippen LogP contribution in [0.2, 0.25) is 0 Å². The van der Waals surface area contributed by atoms with Gasteiger partial charge in [0.1, 0.15) is 0 Å². The Kier molecular flexibility index (Phi) is 2.31. The molecule has 1 unspecified atom stereocenters. The summed E-state index contributed by atoms with van der Waals surface area (Å²) in [6, 6.07) is 0. The lowest BCUT2D eigenvalue weighted by molar-refractivity contribution is 0.209. The number of carbonyl (C=O) groups is 1. The minimum absolute atomic E-state index is 0.463. The molecule has 0 aromatic carbocycles. The third-order valence-corrected chi connectivity index (χ3v) is 3.88. The highest BCUT2D eigenvalue weighted by Gasteiger charge is 2.29. The Morgan fingerprint density at radius 2 is 2.18 bits per heavy atom. The second-order valence-electron chi connectivity index (χ2n) is 5.00. The van der Waals surface area contributed by atoms with E-state index in [0.29, 0.717) is 5.92 Å². The van der Waals surface area contributed by atoms with E-state index in [-0.39, 0.29) is 0 Å². The Bertz CT molecular complexity index is 497. The van der Waals surface area contributed by atoms with Gasteiger partial charge >= 0.3 is 6.09 Å². The molecule has 0 saturated carbocycles. The number of rotatable bonds is 1. The fourth-order valence-electron chi connectivity index (χ4n) is 3.06. The normalized spacial score (nSPS) is 21.1. The summed E-state index contributed by atoms with van der Waals surface area (Å²) >= 11 is 0. The van der Waals surface area contributed by atoms with E-state index >= 15 is 0 Å². The quantitative estimate of drug-likeness (QED) is 0.782. The number of nitrogens with zero attached hydrogens (tertiary/aromatic N) is 1. The molecule has 0 aliphatic heterocycles. The Morgan fingerprint density at radius 3 is 2.94 bits per heavy atom. The van der Waals surface area contributed by atoms with Crippen LogP contribution in [0, 0.1) is 0 Å². The summed E-state index contributed by atoms with van der Waals surface area (Å²) in [6.07, 6.45) is 4.11. The van der Waals surface area contributed by atoms with Crippen LogP contribution < -0.4 is 5.32 Å². The lowest BCUT2D eigenvalue weighted by Gasteiger charge is -2.14. The standard InChI is InChI=1S/C13H16N2O2/c1-7-5-6-9-11(7)14-10-4-2-3-8(10)12(9)15-13(16)17/h7H,2-6H2,1H3,(H,14,15)(H,16,17). The van der Waals surface area contributed by atoms with Gasteiger partial charge in [0, 0.05) is 11.4 Å². The van der Waals surface area contributed by atoms with Gasteiger partial charge in [0.2, 0.25) is 0 Å². The first-order valence-electron chi connectivity index (χ1n) is 6.21. The van der Waals surface area contributed by atoms with E-state index in [1.807, 2.05) is 0 Å². The van der Waals surface area contributed by atoms with Gasteiger partial charge in [0.15, 0.2) is 0 Å². The molecule has 0 bridgehead atoms. The molecule has 1 amide bonds. The molecule has 3 rings (SSSR count). The number of anilines is 1. The third-order valence-electron chi connectivity index (χ3n) is 3.88. The topological polar surface area (TPSA) is 62.2 Å². The van der Waals surface area contributed by atoms with Crippen molar-refractivity contribution in [2.75, 3.05) is 5.32 Å². The Balaban J connectivity index is 2.17. The lowest BCUT2D eigenvalue weighted by Crippen LogP contribution is -2.13. The number of hydrogen-bond acceptors (Lipinski definition) is 2. The molecule has 1 atom stereocenters. The van der Waals surface area contributed by atoms with Crippen molar-refractivity contribution in [2.24, 2.45) is 0 Å². The van der Waals surface area contributed by atoms with E-state index in [1.165, 1.54) is 0 Å². The van der Waals surface area contributed by atoms with Crippen molar-refractivity contribution in [3.63, 3.8) is 0 Å². The molecule has 2 aliphatic carbocycles. The Hall–Kier alpha value is -1.58. The van der Waals surface area contributed by atoms with Gasteiger partial charge in [-0.1, -0.05) is 6.92 Å². The monoisotopic (exact) mass is 232 g/mol. The summed E-state index contributed by atoms with van der Waals surface area (Å²) in [5, 5.41) is 11.6. The molecule has 2 aliphatic rings. The molecule has 0 saturated heterocycles. The summed E-state index contributed by atoms with van der Waals surface area (Å²) in [5.74, 6) is 0.463. The zero-order chi connectivity index (χ0) is 12.0. The van der Waals surface area contributed by atoms with Gasteiger partial charge in [-0.05, 0) is 49.1 Å². The van der Waals surface area contributed by atoms with Gasteiger partial charge in [-0.3, -0.25) is 10.3 Å². The predicted molar refractivity (Wildman–Crippen MR) is 64.6 cm³/mol. The maximum Gasteiger partial charge on any atom is 0.409 e. The third kappa shape index (κ3) is 1.59. The van der Waals surface area contributed by atoms with Crippen LogP contribution in [0.25, 0.3) is 0 Å². The number of aryl methyl sites for hydroxylation is 1. The molecule has 1 aromatic heterocycles. The summed E-state index contributed by atoms with van der Waals surface area (Å²) in [5.41, 5.74) is 5.36. The zero-order valence-electron chi connectivity index (χ0n) is 9.92. The summed E-state index contributed by atoms with van der Waals surface area (Å²) < 4.78 is 0. The Labute approximate surface area is 100 Å². The van der Waals surface area contributed by atoms with Crippen molar-refractivity contribution in [1.82, 2.24) is 4.98 Å². The molecule has 0 radical (unpaired) electrons. The summed E-state index contributed by atoms with van der Waals surface area (Å²) in [4.78, 5) is 15.7. The van der Waals surface area contributed by atoms with Crippen LogP contribution in [0.1, 0.15) is 48.2 Å². The largest absolute Gasteiger partial charge is 0.465 e. The number of amides is 1. The van der Waals surface area contributed by atoms with E-state index in [9.17, 15) is 4.79 Å². The van der Waals surface area contributed by atoms with Crippen molar-refractivity contribution < 1.29 is 9.90 Å². The van der Waals surface area contributed by atoms with Gasteiger partial charge in [0.05, 0.1) is 5.69 Å². The molecule has 4 heteroatoms. The van der Waals surface area contributed by atoms with E-state index in [1.54, 1.807) is 0 Å². The van der Waals surface area contributed by atoms with Crippen LogP contribution in [0.3, 0.4) is 0 Å².